The number of hydrogen-bond acceptors (Lipinski definition) is 4. The van der Waals surface area contributed by atoms with E-state index in [1.54, 1.807) is 18.2 Å². The largest absolute Gasteiger partial charge is 0.493 e. The molecule has 5 nitrogen and oxygen atoms in total. The number of rotatable bonds is 6. The first-order valence-electron chi connectivity index (χ1n) is 7.35. The summed E-state index contributed by atoms with van der Waals surface area (Å²) in [6, 6.07) is 13.0. The molecule has 0 heterocycles. The van der Waals surface area contributed by atoms with E-state index in [1.807, 2.05) is 31.2 Å². The molecule has 0 saturated carbocycles. The van der Waals surface area contributed by atoms with E-state index in [9.17, 15) is 10.1 Å². The predicted molar refractivity (Wildman–Crippen MR) is 95.8 cm³/mol. The van der Waals surface area contributed by atoms with Crippen molar-refractivity contribution in [3.8, 4) is 17.6 Å². The summed E-state index contributed by atoms with van der Waals surface area (Å²) in [6.45, 7) is 1.42. The number of halogens is 1. The molecular formula is C19H16ClNO4. The summed E-state index contributed by atoms with van der Waals surface area (Å²) in [5.74, 6) is -0.674. The van der Waals surface area contributed by atoms with Crippen molar-refractivity contribution in [3.63, 3.8) is 0 Å². The highest BCUT2D eigenvalue weighted by Crippen LogP contribution is 2.37. The second-order valence-corrected chi connectivity index (χ2v) is 5.66. The zero-order valence-corrected chi connectivity index (χ0v) is 14.5. The lowest BCUT2D eigenvalue weighted by molar-refractivity contribution is -0.139. The van der Waals surface area contributed by atoms with E-state index in [-0.39, 0.29) is 10.8 Å². The number of carbonyl (C=O) groups is 1. The molecule has 2 aromatic rings. The van der Waals surface area contributed by atoms with Gasteiger partial charge >= 0.3 is 5.97 Å². The van der Waals surface area contributed by atoms with Gasteiger partial charge in [0.25, 0.3) is 0 Å². The fourth-order valence-corrected chi connectivity index (χ4v) is 2.53. The number of carboxylic acids is 1. The minimum Gasteiger partial charge on any atom is -0.493 e. The van der Waals surface area contributed by atoms with Gasteiger partial charge in [-0.3, -0.25) is 0 Å². The second kappa shape index (κ2) is 8.22. The highest BCUT2D eigenvalue weighted by Gasteiger charge is 2.13. The molecule has 0 aromatic heterocycles. The van der Waals surface area contributed by atoms with Crippen molar-refractivity contribution in [3.05, 3.63) is 58.1 Å². The van der Waals surface area contributed by atoms with Crippen LogP contribution in [-0.4, -0.2) is 24.8 Å². The molecule has 128 valence electrons. The van der Waals surface area contributed by atoms with Gasteiger partial charge in [-0.25, -0.2) is 4.79 Å². The highest BCUT2D eigenvalue weighted by molar-refractivity contribution is 6.32. The molecule has 2 aromatic carbocycles. The molecule has 0 atom stereocenters. The number of nitrogens with zero attached hydrogens (tertiary/aromatic N) is 1. The first kappa shape index (κ1) is 18.4. The van der Waals surface area contributed by atoms with Crippen molar-refractivity contribution in [2.24, 2.45) is 0 Å². The maximum atomic E-state index is 10.7. The fourth-order valence-electron chi connectivity index (χ4n) is 2.26. The molecule has 0 aliphatic carbocycles. The molecule has 0 aliphatic rings. The van der Waals surface area contributed by atoms with Crippen LogP contribution in [-0.2, 0) is 4.79 Å². The molecule has 0 unspecified atom stereocenters. The van der Waals surface area contributed by atoms with Gasteiger partial charge in [0, 0.05) is 0 Å². The van der Waals surface area contributed by atoms with Gasteiger partial charge in [-0.1, -0.05) is 41.4 Å². The van der Waals surface area contributed by atoms with E-state index >= 15 is 0 Å². The standard InChI is InChI=1S/C19H16ClNO4/c1-12-4-3-5-14(6-12)15(10-21)7-13-8-16(20)19(17(9-13)24-2)25-11-18(22)23/h3-9H,11H2,1-2H3,(H,22,23). The third-order valence-electron chi connectivity index (χ3n) is 3.35. The van der Waals surface area contributed by atoms with Crippen molar-refractivity contribution in [1.29, 1.82) is 5.26 Å². The van der Waals surface area contributed by atoms with Crippen LogP contribution in [0.2, 0.25) is 5.02 Å². The van der Waals surface area contributed by atoms with E-state index in [1.165, 1.54) is 7.11 Å². The first-order valence-corrected chi connectivity index (χ1v) is 7.73. The van der Waals surface area contributed by atoms with E-state index in [4.69, 9.17) is 26.2 Å². The van der Waals surface area contributed by atoms with Crippen molar-refractivity contribution < 1.29 is 19.4 Å². The molecule has 1 N–H and O–H groups in total. The summed E-state index contributed by atoms with van der Waals surface area (Å²) in [5, 5.41) is 18.4. The number of aryl methyl sites for hydroxylation is 1. The number of nitriles is 1. The number of methoxy groups -OCH3 is 1. The van der Waals surface area contributed by atoms with E-state index < -0.39 is 12.6 Å². The lowest BCUT2D eigenvalue weighted by Gasteiger charge is -2.12. The van der Waals surface area contributed by atoms with Crippen LogP contribution in [0.5, 0.6) is 11.5 Å². The third kappa shape index (κ3) is 4.75. The van der Waals surface area contributed by atoms with Crippen LogP contribution in [0, 0.1) is 18.3 Å². The van der Waals surface area contributed by atoms with E-state index in [0.717, 1.165) is 11.1 Å². The predicted octanol–water partition coefficient (Wildman–Crippen LogP) is 4.18. The smallest absolute Gasteiger partial charge is 0.341 e. The molecular weight excluding hydrogens is 342 g/mol. The van der Waals surface area contributed by atoms with Crippen LogP contribution in [0.15, 0.2) is 36.4 Å². The van der Waals surface area contributed by atoms with Crippen molar-refractivity contribution >= 4 is 29.2 Å². The molecule has 6 heteroatoms. The van der Waals surface area contributed by atoms with Crippen LogP contribution in [0.4, 0.5) is 0 Å². The zero-order chi connectivity index (χ0) is 18.4. The topological polar surface area (TPSA) is 79.5 Å². The number of allylic oxidation sites excluding steroid dienone is 1. The lowest BCUT2D eigenvalue weighted by atomic mass is 10.0. The monoisotopic (exact) mass is 357 g/mol. The molecule has 0 amide bonds. The highest BCUT2D eigenvalue weighted by atomic mass is 35.5. The molecule has 0 fully saturated rings. The van der Waals surface area contributed by atoms with Gasteiger partial charge < -0.3 is 14.6 Å². The van der Waals surface area contributed by atoms with Crippen LogP contribution < -0.4 is 9.47 Å². The summed E-state index contributed by atoms with van der Waals surface area (Å²) >= 11 is 6.18. The Labute approximate surface area is 150 Å². The van der Waals surface area contributed by atoms with E-state index in [0.29, 0.717) is 16.9 Å². The third-order valence-corrected chi connectivity index (χ3v) is 3.63. The molecule has 25 heavy (non-hydrogen) atoms. The Hall–Kier alpha value is -2.97. The maximum Gasteiger partial charge on any atom is 0.341 e. The van der Waals surface area contributed by atoms with Gasteiger partial charge in [-0.05, 0) is 36.3 Å². The average molecular weight is 358 g/mol. The summed E-state index contributed by atoms with van der Waals surface area (Å²) in [4.78, 5) is 10.7. The Morgan fingerprint density at radius 2 is 2.12 bits per heavy atom. The molecule has 0 bridgehead atoms. The summed E-state index contributed by atoms with van der Waals surface area (Å²) in [6.07, 6.45) is 1.68. The van der Waals surface area contributed by atoms with Crippen molar-refractivity contribution in [2.75, 3.05) is 13.7 Å². The molecule has 0 spiro atoms. The first-order chi connectivity index (χ1) is 11.9. The lowest BCUT2D eigenvalue weighted by Crippen LogP contribution is -2.10. The Morgan fingerprint density at radius 1 is 1.36 bits per heavy atom. The minimum atomic E-state index is -1.12. The quantitative estimate of drug-likeness (QED) is 0.619. The van der Waals surface area contributed by atoms with Gasteiger partial charge in [0.15, 0.2) is 18.1 Å². The summed E-state index contributed by atoms with van der Waals surface area (Å²) in [7, 11) is 1.43. The van der Waals surface area contributed by atoms with E-state index in [2.05, 4.69) is 6.07 Å². The number of ether oxygens (including phenoxy) is 2. The Balaban J connectivity index is 2.43. The van der Waals surface area contributed by atoms with Crippen LogP contribution >= 0.6 is 11.6 Å². The summed E-state index contributed by atoms with van der Waals surface area (Å²) in [5.41, 5.74) is 2.96. The molecule has 0 aliphatic heterocycles. The van der Waals surface area contributed by atoms with Gasteiger partial charge in [0.05, 0.1) is 23.8 Å². The van der Waals surface area contributed by atoms with Crippen molar-refractivity contribution in [2.45, 2.75) is 6.92 Å². The molecule has 0 saturated heterocycles. The minimum absolute atomic E-state index is 0.151. The SMILES string of the molecule is COc1cc(C=C(C#N)c2cccc(C)c2)cc(Cl)c1OCC(=O)O. The Morgan fingerprint density at radius 3 is 2.72 bits per heavy atom. The van der Waals surface area contributed by atoms with Crippen molar-refractivity contribution in [1.82, 2.24) is 0 Å². The average Bonchev–Trinajstić information content (AvgIpc) is 2.58. The van der Waals surface area contributed by atoms with Crippen LogP contribution in [0.3, 0.4) is 0 Å². The number of carboxylic acid groups (broad SMARTS) is 1. The zero-order valence-electron chi connectivity index (χ0n) is 13.7. The maximum absolute atomic E-state index is 10.7. The number of aliphatic carboxylic acids is 1. The molecule has 2 rings (SSSR count). The number of benzene rings is 2. The summed E-state index contributed by atoms with van der Waals surface area (Å²) < 4.78 is 10.4. The van der Waals surface area contributed by atoms with Gasteiger partial charge in [0.2, 0.25) is 0 Å². The van der Waals surface area contributed by atoms with Gasteiger partial charge in [0.1, 0.15) is 0 Å². The van der Waals surface area contributed by atoms with Crippen LogP contribution in [0.1, 0.15) is 16.7 Å². The fraction of sp³-hybridized carbons (Fsp3) is 0.158. The second-order valence-electron chi connectivity index (χ2n) is 5.26. The Bertz CT molecular complexity index is 868. The molecule has 0 radical (unpaired) electrons. The normalized spacial score (nSPS) is 10.9. The van der Waals surface area contributed by atoms with Crippen LogP contribution in [0.25, 0.3) is 11.6 Å². The Kier molecular flexibility index (Phi) is 6.04. The van der Waals surface area contributed by atoms with Gasteiger partial charge in [-0.15, -0.1) is 0 Å². The van der Waals surface area contributed by atoms with Gasteiger partial charge in [-0.2, -0.15) is 5.26 Å². The number of hydrogen-bond donors (Lipinski definition) is 1.